The summed E-state index contributed by atoms with van der Waals surface area (Å²) < 4.78 is 43.8. The van der Waals surface area contributed by atoms with Crippen LogP contribution in [0.2, 0.25) is 18.1 Å². The average molecular weight is 569 g/mol. The molecule has 3 rings (SSSR count). The van der Waals surface area contributed by atoms with Gasteiger partial charge in [-0.15, -0.1) is 0 Å². The van der Waals surface area contributed by atoms with Gasteiger partial charge in [0, 0.05) is 12.5 Å². The van der Waals surface area contributed by atoms with Gasteiger partial charge in [0.05, 0.1) is 13.2 Å². The van der Waals surface area contributed by atoms with Gasteiger partial charge in [0.25, 0.3) is 0 Å². The maximum absolute atomic E-state index is 14.8. The summed E-state index contributed by atoms with van der Waals surface area (Å²) in [5.74, 6) is 1.22. The fourth-order valence-corrected chi connectivity index (χ4v) is 4.64. The van der Waals surface area contributed by atoms with E-state index in [9.17, 15) is 9.18 Å². The highest BCUT2D eigenvalue weighted by Gasteiger charge is 2.36. The van der Waals surface area contributed by atoms with Gasteiger partial charge in [-0.05, 0) is 79.0 Å². The summed E-state index contributed by atoms with van der Waals surface area (Å²) in [4.78, 5) is 11.6. The minimum absolute atomic E-state index is 0.113. The van der Waals surface area contributed by atoms with E-state index in [0.29, 0.717) is 49.1 Å². The number of carbonyl (C=O) groups is 1. The number of hydrogen-bond donors (Lipinski definition) is 0. The molecule has 0 amide bonds. The molecule has 0 aliphatic heterocycles. The maximum atomic E-state index is 14.8. The number of carbonyl (C=O) groups excluding carboxylic acids is 1. The minimum Gasteiger partial charge on any atom is -0.491 e. The Kier molecular flexibility index (Phi) is 11.2. The highest BCUT2D eigenvalue weighted by molar-refractivity contribution is 6.74. The Balaban J connectivity index is 1.68. The predicted molar refractivity (Wildman–Crippen MR) is 157 cm³/mol. The van der Waals surface area contributed by atoms with Crippen LogP contribution in [0.5, 0.6) is 23.0 Å². The summed E-state index contributed by atoms with van der Waals surface area (Å²) in [6.45, 7) is 14.1. The Bertz CT molecular complexity index is 1240. The van der Waals surface area contributed by atoms with Crippen LogP contribution in [0.1, 0.15) is 45.2 Å². The van der Waals surface area contributed by atoms with E-state index < -0.39 is 14.1 Å². The van der Waals surface area contributed by atoms with E-state index in [2.05, 4.69) is 33.9 Å². The van der Waals surface area contributed by atoms with Crippen molar-refractivity contribution in [3.05, 3.63) is 83.7 Å². The second-order valence-corrected chi connectivity index (χ2v) is 15.9. The van der Waals surface area contributed by atoms with Gasteiger partial charge in [-0.1, -0.05) is 45.0 Å². The van der Waals surface area contributed by atoms with Gasteiger partial charge in [-0.25, -0.2) is 4.39 Å². The minimum atomic E-state index is -1.87. The molecule has 0 radical (unpaired) electrons. The molecule has 40 heavy (non-hydrogen) atoms. The van der Waals surface area contributed by atoms with Crippen LogP contribution < -0.4 is 14.2 Å². The first-order valence-electron chi connectivity index (χ1n) is 13.7. The second-order valence-electron chi connectivity index (χ2n) is 11.0. The van der Waals surface area contributed by atoms with E-state index >= 15 is 0 Å². The largest absolute Gasteiger partial charge is 0.491 e. The van der Waals surface area contributed by atoms with Crippen LogP contribution in [0, 0.1) is 5.82 Å². The Labute approximate surface area is 238 Å². The number of esters is 1. The van der Waals surface area contributed by atoms with Crippen LogP contribution >= 0.6 is 0 Å². The molecule has 0 unspecified atom stereocenters. The second kappa shape index (κ2) is 14.3. The molecular formula is C32H41FO6Si. The maximum Gasteiger partial charge on any atom is 0.306 e. The molecule has 0 aliphatic carbocycles. The van der Waals surface area contributed by atoms with Crippen molar-refractivity contribution in [3.8, 4) is 23.0 Å². The molecule has 0 N–H and O–H groups in total. The van der Waals surface area contributed by atoms with Gasteiger partial charge in [0.2, 0.25) is 0 Å². The lowest BCUT2D eigenvalue weighted by molar-refractivity contribution is -0.143. The van der Waals surface area contributed by atoms with E-state index in [0.717, 1.165) is 5.56 Å². The standard InChI is InChI=1S/C32H41FO6Si/c1-7-35-31(34)16-14-24-13-15-30(29(33)21-24)37-23-25-19-27(36-17-18-38-40(5,6)32(2,3)4)22-28(20-25)39-26-11-9-8-10-12-26/h8-13,15,19-22H,7,14,16-18,23H2,1-6H3. The molecule has 0 aliphatic rings. The molecule has 8 heteroatoms. The van der Waals surface area contributed by atoms with Crippen molar-refractivity contribution < 1.29 is 32.6 Å². The quantitative estimate of drug-likeness (QED) is 0.111. The molecule has 216 valence electrons. The number of aryl methyl sites for hydroxylation is 1. The Morgan fingerprint density at radius 3 is 2.25 bits per heavy atom. The lowest BCUT2D eigenvalue weighted by Gasteiger charge is -2.36. The van der Waals surface area contributed by atoms with Gasteiger partial charge in [0.1, 0.15) is 30.5 Å². The monoisotopic (exact) mass is 568 g/mol. The predicted octanol–water partition coefficient (Wildman–Crippen LogP) is 8.09. The lowest BCUT2D eigenvalue weighted by Crippen LogP contribution is -2.41. The molecule has 3 aromatic rings. The van der Waals surface area contributed by atoms with Gasteiger partial charge in [-0.3, -0.25) is 4.79 Å². The van der Waals surface area contributed by atoms with Crippen LogP contribution in [-0.2, 0) is 27.0 Å². The molecule has 0 spiro atoms. The summed E-state index contributed by atoms with van der Waals surface area (Å²) in [5, 5.41) is 0.120. The molecule has 0 aromatic heterocycles. The summed E-state index contributed by atoms with van der Waals surface area (Å²) >= 11 is 0. The van der Waals surface area contributed by atoms with Crippen molar-refractivity contribution in [2.45, 2.75) is 65.3 Å². The Morgan fingerprint density at radius 1 is 0.850 bits per heavy atom. The molecule has 0 bridgehead atoms. The Hall–Kier alpha value is -3.36. The third-order valence-corrected chi connectivity index (χ3v) is 11.4. The van der Waals surface area contributed by atoms with Gasteiger partial charge in [0.15, 0.2) is 19.9 Å². The topological polar surface area (TPSA) is 63.2 Å². The first kappa shape index (κ1) is 31.2. The molecule has 0 saturated carbocycles. The van der Waals surface area contributed by atoms with Crippen molar-refractivity contribution in [1.82, 2.24) is 0 Å². The molecule has 0 fully saturated rings. The summed E-state index contributed by atoms with van der Waals surface area (Å²) in [6.07, 6.45) is 0.597. The molecule has 0 saturated heterocycles. The van der Waals surface area contributed by atoms with E-state index in [1.807, 2.05) is 48.5 Å². The van der Waals surface area contributed by atoms with E-state index in [1.165, 1.54) is 6.07 Å². The van der Waals surface area contributed by atoms with Crippen LogP contribution in [0.25, 0.3) is 0 Å². The third-order valence-electron chi connectivity index (χ3n) is 6.85. The number of hydrogen-bond acceptors (Lipinski definition) is 6. The van der Waals surface area contributed by atoms with Gasteiger partial charge in [-0.2, -0.15) is 0 Å². The highest BCUT2D eigenvalue weighted by atomic mass is 28.4. The molecule has 3 aromatic carbocycles. The summed E-state index contributed by atoms with van der Waals surface area (Å²) in [6, 6.07) is 19.7. The number of para-hydroxylation sites is 1. The first-order valence-corrected chi connectivity index (χ1v) is 16.6. The first-order chi connectivity index (χ1) is 19.0. The number of rotatable bonds is 14. The van der Waals surface area contributed by atoms with Crippen molar-refractivity contribution in [2.24, 2.45) is 0 Å². The van der Waals surface area contributed by atoms with Crippen LogP contribution in [0.4, 0.5) is 4.39 Å². The summed E-state index contributed by atoms with van der Waals surface area (Å²) in [5.41, 5.74) is 1.46. The van der Waals surface area contributed by atoms with Crippen LogP contribution in [-0.4, -0.2) is 34.1 Å². The Morgan fingerprint density at radius 2 is 1.57 bits per heavy atom. The molecular weight excluding hydrogens is 527 g/mol. The molecule has 6 nitrogen and oxygen atoms in total. The number of benzene rings is 3. The van der Waals surface area contributed by atoms with Crippen LogP contribution in [0.3, 0.4) is 0 Å². The fourth-order valence-electron chi connectivity index (χ4n) is 3.61. The highest BCUT2D eigenvalue weighted by Crippen LogP contribution is 2.36. The smallest absolute Gasteiger partial charge is 0.306 e. The zero-order valence-electron chi connectivity index (χ0n) is 24.4. The van der Waals surface area contributed by atoms with Crippen molar-refractivity contribution in [3.63, 3.8) is 0 Å². The SMILES string of the molecule is CCOC(=O)CCc1ccc(OCc2cc(OCCO[Si](C)(C)C(C)(C)C)cc(Oc3ccccc3)c2)c(F)c1. The fraction of sp³-hybridized carbons (Fsp3) is 0.406. The number of halogens is 1. The van der Waals surface area contributed by atoms with Crippen molar-refractivity contribution >= 4 is 14.3 Å². The van der Waals surface area contributed by atoms with E-state index in [-0.39, 0.29) is 29.8 Å². The van der Waals surface area contributed by atoms with Crippen LogP contribution in [0.15, 0.2) is 66.7 Å². The van der Waals surface area contributed by atoms with Crippen molar-refractivity contribution in [1.29, 1.82) is 0 Å². The zero-order chi connectivity index (χ0) is 29.2. The third kappa shape index (κ3) is 9.68. The van der Waals surface area contributed by atoms with Gasteiger partial charge < -0.3 is 23.4 Å². The van der Waals surface area contributed by atoms with E-state index in [1.54, 1.807) is 19.1 Å². The number of ether oxygens (including phenoxy) is 4. The average Bonchev–Trinajstić information content (AvgIpc) is 2.89. The zero-order valence-corrected chi connectivity index (χ0v) is 25.4. The van der Waals surface area contributed by atoms with Crippen molar-refractivity contribution in [2.75, 3.05) is 19.8 Å². The van der Waals surface area contributed by atoms with E-state index in [4.69, 9.17) is 23.4 Å². The summed E-state index contributed by atoms with van der Waals surface area (Å²) in [7, 11) is -1.87. The van der Waals surface area contributed by atoms with Gasteiger partial charge >= 0.3 is 5.97 Å². The normalized spacial score (nSPS) is 11.7. The lowest BCUT2D eigenvalue weighted by atomic mass is 10.1. The molecule has 0 atom stereocenters. The molecule has 0 heterocycles.